The summed E-state index contributed by atoms with van der Waals surface area (Å²) >= 11 is 9.50. The lowest BCUT2D eigenvalue weighted by atomic mass is 10.2. The van der Waals surface area contributed by atoms with Gasteiger partial charge in [-0.05, 0) is 72.6 Å². The van der Waals surface area contributed by atoms with Crippen LogP contribution in [0.1, 0.15) is 5.56 Å². The van der Waals surface area contributed by atoms with Gasteiger partial charge in [-0.3, -0.25) is 9.52 Å². The van der Waals surface area contributed by atoms with Gasteiger partial charge in [-0.25, -0.2) is 8.42 Å². The van der Waals surface area contributed by atoms with Crippen LogP contribution in [0, 0.1) is 0 Å². The molecule has 33 heavy (non-hydrogen) atoms. The maximum Gasteiger partial charge on any atom is 0.264 e. The summed E-state index contributed by atoms with van der Waals surface area (Å²) in [7, 11) is -2.35. The molecule has 4 rings (SSSR count). The zero-order valence-electron chi connectivity index (χ0n) is 17.5. The molecule has 0 aliphatic carbocycles. The van der Waals surface area contributed by atoms with Gasteiger partial charge in [0.25, 0.3) is 15.9 Å². The first-order valence-electron chi connectivity index (χ1n) is 9.95. The fourth-order valence-electron chi connectivity index (χ4n) is 3.51. The van der Waals surface area contributed by atoms with Crippen LogP contribution in [-0.2, 0) is 21.2 Å². The molecule has 3 aromatic carbocycles. The lowest BCUT2D eigenvalue weighted by molar-refractivity contribution is -0.120. The number of amides is 1. The van der Waals surface area contributed by atoms with Gasteiger partial charge in [0.05, 0.1) is 22.7 Å². The molecule has 1 aliphatic rings. The summed E-state index contributed by atoms with van der Waals surface area (Å²) in [6.07, 6.45) is 0.791. The fraction of sp³-hybridized carbons (Fsp3) is 0.174. The number of rotatable bonds is 7. The van der Waals surface area contributed by atoms with E-state index >= 15 is 0 Å². The molecule has 0 fully saturated rings. The number of sulfonamides is 1. The van der Waals surface area contributed by atoms with Crippen molar-refractivity contribution in [3.05, 3.63) is 75.7 Å². The van der Waals surface area contributed by atoms with Crippen molar-refractivity contribution in [1.82, 2.24) is 0 Å². The van der Waals surface area contributed by atoms with Crippen LogP contribution in [0.25, 0.3) is 0 Å². The van der Waals surface area contributed by atoms with E-state index in [2.05, 4.69) is 20.7 Å². The molecule has 1 heterocycles. The Morgan fingerprint density at radius 1 is 1.12 bits per heavy atom. The first-order chi connectivity index (χ1) is 15.8. The third-order valence-corrected chi connectivity index (χ3v) is 7.32. The van der Waals surface area contributed by atoms with E-state index in [0.29, 0.717) is 28.8 Å². The van der Waals surface area contributed by atoms with Crippen molar-refractivity contribution < 1.29 is 22.7 Å². The van der Waals surface area contributed by atoms with Crippen LogP contribution < -0.4 is 19.1 Å². The summed E-state index contributed by atoms with van der Waals surface area (Å²) in [5, 5.41) is 0.291. The highest BCUT2D eigenvalue weighted by atomic mass is 79.9. The van der Waals surface area contributed by atoms with Crippen molar-refractivity contribution in [2.24, 2.45) is 0 Å². The van der Waals surface area contributed by atoms with Gasteiger partial charge < -0.3 is 14.4 Å². The van der Waals surface area contributed by atoms with E-state index in [-0.39, 0.29) is 17.4 Å². The van der Waals surface area contributed by atoms with E-state index < -0.39 is 10.0 Å². The van der Waals surface area contributed by atoms with Crippen molar-refractivity contribution in [2.75, 3.05) is 29.9 Å². The van der Waals surface area contributed by atoms with Gasteiger partial charge in [0, 0.05) is 16.7 Å². The second kappa shape index (κ2) is 9.62. The van der Waals surface area contributed by atoms with Crippen molar-refractivity contribution in [1.29, 1.82) is 0 Å². The van der Waals surface area contributed by atoms with Crippen molar-refractivity contribution in [2.45, 2.75) is 11.3 Å². The highest BCUT2D eigenvalue weighted by Gasteiger charge is 2.25. The SMILES string of the molecule is COc1ccc(NS(=O)(=O)c2ccc(OCC(=O)N3CCc4cc(Br)ccc43)cc2)cc1Cl. The van der Waals surface area contributed by atoms with Crippen molar-refractivity contribution in [3.63, 3.8) is 0 Å². The Kier molecular flexibility index (Phi) is 6.83. The van der Waals surface area contributed by atoms with Crippen LogP contribution in [0.4, 0.5) is 11.4 Å². The van der Waals surface area contributed by atoms with E-state index in [9.17, 15) is 13.2 Å². The monoisotopic (exact) mass is 550 g/mol. The Balaban J connectivity index is 1.38. The normalized spacial score (nSPS) is 12.9. The molecule has 1 amide bonds. The first kappa shape index (κ1) is 23.4. The Morgan fingerprint density at radius 3 is 2.58 bits per heavy atom. The molecular weight excluding hydrogens is 532 g/mol. The average molecular weight is 552 g/mol. The molecule has 0 atom stereocenters. The molecular formula is C23H20BrClN2O5S. The molecule has 1 N–H and O–H groups in total. The number of hydrogen-bond donors (Lipinski definition) is 1. The predicted octanol–water partition coefficient (Wildman–Crippen LogP) is 4.88. The van der Waals surface area contributed by atoms with Gasteiger partial charge in [-0.2, -0.15) is 0 Å². The van der Waals surface area contributed by atoms with Crippen LogP contribution >= 0.6 is 27.5 Å². The number of hydrogen-bond acceptors (Lipinski definition) is 5. The number of ether oxygens (including phenoxy) is 2. The zero-order chi connectivity index (χ0) is 23.6. The summed E-state index contributed by atoms with van der Waals surface area (Å²) in [6, 6.07) is 16.3. The molecule has 0 saturated carbocycles. The third-order valence-electron chi connectivity index (χ3n) is 5.14. The summed E-state index contributed by atoms with van der Waals surface area (Å²) in [4.78, 5) is 14.4. The Morgan fingerprint density at radius 2 is 1.88 bits per heavy atom. The van der Waals surface area contributed by atoms with E-state index in [1.54, 1.807) is 17.0 Å². The molecule has 0 spiro atoms. The topological polar surface area (TPSA) is 84.9 Å². The number of fused-ring (bicyclic) bond motifs is 1. The standard InChI is InChI=1S/C23H20BrClN2O5S/c1-31-22-9-3-17(13-20(22)25)26-33(29,30)19-6-4-18(5-7-19)32-14-23(28)27-11-10-15-12-16(24)2-8-21(15)27/h2-9,12-13,26H,10-11,14H2,1H3. The van der Waals surface area contributed by atoms with E-state index in [4.69, 9.17) is 21.1 Å². The molecule has 172 valence electrons. The maximum atomic E-state index is 12.7. The largest absolute Gasteiger partial charge is 0.495 e. The average Bonchev–Trinajstić information content (AvgIpc) is 3.21. The van der Waals surface area contributed by atoms with Gasteiger partial charge in [0.1, 0.15) is 11.5 Å². The fourth-order valence-corrected chi connectivity index (χ4v) is 5.23. The maximum absolute atomic E-state index is 12.7. The van der Waals surface area contributed by atoms with Crippen LogP contribution in [0.2, 0.25) is 5.02 Å². The van der Waals surface area contributed by atoms with Gasteiger partial charge in [0.15, 0.2) is 6.61 Å². The summed E-state index contributed by atoms with van der Waals surface area (Å²) in [5.74, 6) is 0.678. The number of carbonyl (C=O) groups is 1. The molecule has 1 aliphatic heterocycles. The van der Waals surface area contributed by atoms with Gasteiger partial charge in [0.2, 0.25) is 0 Å². The number of nitrogens with one attached hydrogen (secondary N) is 1. The number of carbonyl (C=O) groups excluding carboxylic acids is 1. The molecule has 0 saturated heterocycles. The second-order valence-corrected chi connectivity index (χ2v) is 10.3. The minimum atomic E-state index is -3.83. The zero-order valence-corrected chi connectivity index (χ0v) is 20.7. The van der Waals surface area contributed by atoms with E-state index in [0.717, 1.165) is 22.1 Å². The summed E-state index contributed by atoms with van der Waals surface area (Å²) in [6.45, 7) is 0.455. The Labute approximate surface area is 205 Å². The lowest BCUT2D eigenvalue weighted by Gasteiger charge is -2.17. The van der Waals surface area contributed by atoms with Crippen LogP contribution in [0.15, 0.2) is 70.0 Å². The Hall–Kier alpha value is -2.75. The smallest absolute Gasteiger partial charge is 0.264 e. The predicted molar refractivity (Wildman–Crippen MR) is 131 cm³/mol. The molecule has 3 aromatic rings. The van der Waals surface area contributed by atoms with Crippen LogP contribution in [0.5, 0.6) is 11.5 Å². The number of methoxy groups -OCH3 is 1. The molecule has 7 nitrogen and oxygen atoms in total. The third kappa shape index (κ3) is 5.26. The van der Waals surface area contributed by atoms with E-state index in [1.165, 1.54) is 37.4 Å². The number of halogens is 2. The molecule has 0 radical (unpaired) electrons. The summed E-state index contributed by atoms with van der Waals surface area (Å²) < 4.78 is 39.5. The van der Waals surface area contributed by atoms with Crippen molar-refractivity contribution in [3.8, 4) is 11.5 Å². The quantitative estimate of drug-likeness (QED) is 0.452. The lowest BCUT2D eigenvalue weighted by Crippen LogP contribution is -2.33. The summed E-state index contributed by atoms with van der Waals surface area (Å²) in [5.41, 5.74) is 2.31. The minimum absolute atomic E-state index is 0.0483. The van der Waals surface area contributed by atoms with Gasteiger partial charge in [-0.15, -0.1) is 0 Å². The van der Waals surface area contributed by atoms with Gasteiger partial charge >= 0.3 is 0 Å². The number of nitrogens with zero attached hydrogens (tertiary/aromatic N) is 1. The molecule has 0 unspecified atom stereocenters. The van der Waals surface area contributed by atoms with Crippen molar-refractivity contribution >= 4 is 54.8 Å². The first-order valence-corrected chi connectivity index (χ1v) is 12.6. The van der Waals surface area contributed by atoms with Crippen LogP contribution in [0.3, 0.4) is 0 Å². The molecule has 0 aromatic heterocycles. The Bertz CT molecular complexity index is 1300. The second-order valence-electron chi connectivity index (χ2n) is 7.28. The highest BCUT2D eigenvalue weighted by molar-refractivity contribution is 9.10. The molecule has 0 bridgehead atoms. The number of anilines is 2. The van der Waals surface area contributed by atoms with E-state index in [1.807, 2.05) is 18.2 Å². The van der Waals surface area contributed by atoms with Gasteiger partial charge in [-0.1, -0.05) is 27.5 Å². The number of benzene rings is 3. The highest BCUT2D eigenvalue weighted by Crippen LogP contribution is 2.31. The van der Waals surface area contributed by atoms with Crippen LogP contribution in [-0.4, -0.2) is 34.6 Å². The molecule has 10 heteroatoms. The minimum Gasteiger partial charge on any atom is -0.495 e.